The van der Waals surface area contributed by atoms with E-state index in [2.05, 4.69) is 25.1 Å². The maximum atomic E-state index is 12.5. The molecule has 1 saturated heterocycles. The first-order valence-corrected chi connectivity index (χ1v) is 11.9. The van der Waals surface area contributed by atoms with Gasteiger partial charge in [-0.1, -0.05) is 35.3 Å². The minimum absolute atomic E-state index is 0.244. The van der Waals surface area contributed by atoms with E-state index in [4.69, 9.17) is 32.4 Å². The van der Waals surface area contributed by atoms with Crippen LogP contribution < -0.4 is 5.32 Å². The fourth-order valence-electron chi connectivity index (χ4n) is 3.66. The lowest BCUT2D eigenvalue weighted by atomic mass is 10.2. The largest absolute Gasteiger partial charge is 0.447 e. The number of carbonyl (C=O) groups excluding carboxylic acids is 1. The second-order valence-electron chi connectivity index (χ2n) is 8.04. The molecule has 8 nitrogen and oxygen atoms in total. The summed E-state index contributed by atoms with van der Waals surface area (Å²) in [4.78, 5) is 25.7. The summed E-state index contributed by atoms with van der Waals surface area (Å²) < 4.78 is 11.1. The number of hydrogen-bond donors (Lipinski definition) is 1. The summed E-state index contributed by atoms with van der Waals surface area (Å²) in [5.41, 5.74) is 2.06. The molecule has 180 valence electrons. The summed E-state index contributed by atoms with van der Waals surface area (Å²) >= 11 is 12.3. The summed E-state index contributed by atoms with van der Waals surface area (Å²) in [7, 11) is 0. The number of pyridine rings is 1. The van der Waals surface area contributed by atoms with Crippen molar-refractivity contribution in [2.45, 2.75) is 19.6 Å². The zero-order valence-electron chi connectivity index (χ0n) is 18.8. The average molecular weight is 504 g/mol. The van der Waals surface area contributed by atoms with Crippen LogP contribution >= 0.6 is 23.2 Å². The van der Waals surface area contributed by atoms with Crippen LogP contribution in [0.3, 0.4) is 0 Å². The number of nitrogens with zero attached hydrogens (tertiary/aromatic N) is 4. The topological polar surface area (TPSA) is 83.7 Å². The normalized spacial score (nSPS) is 14.4. The molecule has 34 heavy (non-hydrogen) atoms. The minimum Gasteiger partial charge on any atom is -0.447 e. The first-order valence-electron chi connectivity index (χ1n) is 11.2. The highest BCUT2D eigenvalue weighted by Crippen LogP contribution is 2.23. The molecule has 0 atom stereocenters. The van der Waals surface area contributed by atoms with Crippen LogP contribution in [0, 0.1) is 0 Å². The molecule has 1 N–H and O–H groups in total. The lowest BCUT2D eigenvalue weighted by molar-refractivity contribution is 0.0320. The molecule has 0 aliphatic carbocycles. The zero-order valence-corrected chi connectivity index (χ0v) is 20.3. The number of amides is 1. The van der Waals surface area contributed by atoms with Gasteiger partial charge in [0, 0.05) is 38.9 Å². The van der Waals surface area contributed by atoms with Gasteiger partial charge in [0.2, 0.25) is 5.89 Å². The maximum absolute atomic E-state index is 12.5. The Kier molecular flexibility index (Phi) is 8.90. The Morgan fingerprint density at radius 1 is 1.12 bits per heavy atom. The number of oxazole rings is 1. The Bertz CT molecular complexity index is 1070. The predicted octanol–water partition coefficient (Wildman–Crippen LogP) is 3.64. The highest BCUT2D eigenvalue weighted by Gasteiger charge is 2.18. The third-order valence-corrected chi connectivity index (χ3v) is 6.26. The van der Waals surface area contributed by atoms with E-state index in [0.717, 1.165) is 50.7 Å². The zero-order chi connectivity index (χ0) is 23.8. The van der Waals surface area contributed by atoms with Crippen molar-refractivity contribution >= 4 is 29.1 Å². The van der Waals surface area contributed by atoms with E-state index in [0.29, 0.717) is 35.6 Å². The van der Waals surface area contributed by atoms with Crippen molar-refractivity contribution in [3.8, 4) is 0 Å². The van der Waals surface area contributed by atoms with Crippen LogP contribution in [0.1, 0.15) is 27.6 Å². The van der Waals surface area contributed by atoms with E-state index in [1.54, 1.807) is 12.3 Å². The molecule has 0 saturated carbocycles. The third kappa shape index (κ3) is 7.25. The standard InChI is InChI=1S/C24H27Cl2N5O3/c25-20-5-4-18(13-21(20)26)15-31(8-7-30-9-11-33-12-10-30)16-23-29-22(17-34-23)24(32)28-14-19-3-1-2-6-27-19/h1-6,13,17H,7-12,14-16H2,(H,28,32). The fourth-order valence-corrected chi connectivity index (χ4v) is 3.98. The number of aromatic nitrogens is 2. The first-order chi connectivity index (χ1) is 16.6. The van der Waals surface area contributed by atoms with E-state index in [9.17, 15) is 4.79 Å². The molecule has 1 aliphatic rings. The van der Waals surface area contributed by atoms with Crippen molar-refractivity contribution in [1.82, 2.24) is 25.1 Å². The van der Waals surface area contributed by atoms with Crippen LogP contribution in [-0.2, 0) is 24.4 Å². The van der Waals surface area contributed by atoms with Gasteiger partial charge in [0.25, 0.3) is 5.91 Å². The molecule has 1 fully saturated rings. The lowest BCUT2D eigenvalue weighted by Gasteiger charge is -2.29. The second-order valence-corrected chi connectivity index (χ2v) is 8.86. The molecule has 1 aliphatic heterocycles. The van der Waals surface area contributed by atoms with Crippen LogP contribution in [0.5, 0.6) is 0 Å². The summed E-state index contributed by atoms with van der Waals surface area (Å²) in [5.74, 6) is 0.176. The smallest absolute Gasteiger partial charge is 0.273 e. The van der Waals surface area contributed by atoms with Gasteiger partial charge in [-0.25, -0.2) is 4.98 Å². The molecule has 10 heteroatoms. The molecule has 0 spiro atoms. The second kappa shape index (κ2) is 12.3. The molecule has 0 unspecified atom stereocenters. The van der Waals surface area contributed by atoms with Crippen LogP contribution in [0.4, 0.5) is 0 Å². The molecular weight excluding hydrogens is 477 g/mol. The molecule has 3 heterocycles. The Morgan fingerprint density at radius 3 is 2.74 bits per heavy atom. The Labute approximate surface area is 208 Å². The molecule has 0 bridgehead atoms. The van der Waals surface area contributed by atoms with Gasteiger partial charge in [-0.15, -0.1) is 0 Å². The molecule has 1 amide bonds. The highest BCUT2D eigenvalue weighted by molar-refractivity contribution is 6.42. The number of rotatable bonds is 10. The fraction of sp³-hybridized carbons (Fsp3) is 0.375. The third-order valence-electron chi connectivity index (χ3n) is 5.53. The van der Waals surface area contributed by atoms with Gasteiger partial charge in [-0.3, -0.25) is 19.6 Å². The number of carbonyl (C=O) groups is 1. The summed E-state index contributed by atoms with van der Waals surface area (Å²) in [6.07, 6.45) is 3.08. The monoisotopic (exact) mass is 503 g/mol. The number of halogens is 2. The number of hydrogen-bond acceptors (Lipinski definition) is 7. The molecule has 3 aromatic rings. The van der Waals surface area contributed by atoms with Gasteiger partial charge < -0.3 is 14.5 Å². The van der Waals surface area contributed by atoms with Gasteiger partial charge in [0.05, 0.1) is 42.0 Å². The minimum atomic E-state index is -0.301. The van der Waals surface area contributed by atoms with E-state index < -0.39 is 0 Å². The van der Waals surface area contributed by atoms with Crippen LogP contribution in [0.2, 0.25) is 10.0 Å². The van der Waals surface area contributed by atoms with Gasteiger partial charge in [0.1, 0.15) is 6.26 Å². The number of nitrogens with one attached hydrogen (secondary N) is 1. The van der Waals surface area contributed by atoms with Gasteiger partial charge >= 0.3 is 0 Å². The van der Waals surface area contributed by atoms with Crippen molar-refractivity contribution in [1.29, 1.82) is 0 Å². The highest BCUT2D eigenvalue weighted by atomic mass is 35.5. The number of benzene rings is 1. The summed E-state index contributed by atoms with van der Waals surface area (Å²) in [5, 5.41) is 3.87. The average Bonchev–Trinajstić information content (AvgIpc) is 3.33. The Hall–Kier alpha value is -2.49. The van der Waals surface area contributed by atoms with Crippen molar-refractivity contribution in [3.05, 3.63) is 81.7 Å². The van der Waals surface area contributed by atoms with Gasteiger partial charge in [0.15, 0.2) is 5.69 Å². The molecule has 2 aromatic heterocycles. The number of ether oxygens (including phenoxy) is 1. The van der Waals surface area contributed by atoms with E-state index in [1.807, 2.05) is 30.3 Å². The van der Waals surface area contributed by atoms with Gasteiger partial charge in [-0.2, -0.15) is 0 Å². The van der Waals surface area contributed by atoms with E-state index in [1.165, 1.54) is 6.26 Å². The summed E-state index contributed by atoms with van der Waals surface area (Å²) in [6, 6.07) is 11.2. The quantitative estimate of drug-likeness (QED) is 0.452. The van der Waals surface area contributed by atoms with Gasteiger partial charge in [-0.05, 0) is 29.8 Å². The maximum Gasteiger partial charge on any atom is 0.273 e. The number of morpholine rings is 1. The van der Waals surface area contributed by atoms with Crippen LogP contribution in [0.25, 0.3) is 0 Å². The SMILES string of the molecule is O=C(NCc1ccccn1)c1coc(CN(CCN2CCOCC2)Cc2ccc(Cl)c(Cl)c2)n1. The molecule has 1 aromatic carbocycles. The van der Waals surface area contributed by atoms with Crippen molar-refractivity contribution in [2.24, 2.45) is 0 Å². The first kappa shape index (κ1) is 24.6. The van der Waals surface area contributed by atoms with Crippen molar-refractivity contribution in [3.63, 3.8) is 0 Å². The lowest BCUT2D eigenvalue weighted by Crippen LogP contribution is -2.41. The molecular formula is C24H27Cl2N5O3. The van der Waals surface area contributed by atoms with Crippen LogP contribution in [0.15, 0.2) is 53.3 Å². The van der Waals surface area contributed by atoms with Crippen LogP contribution in [-0.4, -0.2) is 65.1 Å². The Balaban J connectivity index is 1.38. The van der Waals surface area contributed by atoms with E-state index >= 15 is 0 Å². The Morgan fingerprint density at radius 2 is 1.97 bits per heavy atom. The van der Waals surface area contributed by atoms with Crippen molar-refractivity contribution in [2.75, 3.05) is 39.4 Å². The molecule has 0 radical (unpaired) electrons. The predicted molar refractivity (Wildman–Crippen MR) is 130 cm³/mol. The van der Waals surface area contributed by atoms with E-state index in [-0.39, 0.29) is 11.6 Å². The summed E-state index contributed by atoms with van der Waals surface area (Å²) in [6.45, 7) is 6.45. The molecule has 4 rings (SSSR count). The van der Waals surface area contributed by atoms with Crippen molar-refractivity contribution < 1.29 is 13.9 Å².